The van der Waals surface area contributed by atoms with Crippen LogP contribution in [0.2, 0.25) is 0 Å². The lowest BCUT2D eigenvalue weighted by Crippen LogP contribution is -2.81. The third-order valence-corrected chi connectivity index (χ3v) is 10.1. The van der Waals surface area contributed by atoms with Gasteiger partial charge in [-0.3, -0.25) is 4.79 Å². The molecule has 0 spiro atoms. The van der Waals surface area contributed by atoms with E-state index in [1.165, 1.54) is 5.56 Å². The summed E-state index contributed by atoms with van der Waals surface area (Å²) >= 11 is 0. The number of carbonyl (C=O) groups excluding carboxylic acids is 1. The van der Waals surface area contributed by atoms with Crippen LogP contribution in [0.4, 0.5) is 87.8 Å². The molecule has 0 unspecified atom stereocenters. The van der Waals surface area contributed by atoms with Crippen molar-refractivity contribution in [3.63, 3.8) is 0 Å². The molecule has 1 heterocycles. The van der Waals surface area contributed by atoms with Crippen LogP contribution in [0.25, 0.3) is 10.8 Å². The highest BCUT2D eigenvalue weighted by Gasteiger charge is 2.52. The molecule has 0 saturated carbocycles. The zero-order valence-corrected chi connectivity index (χ0v) is 31.1. The number of fused-ring (bicyclic) bond motifs is 1. The molecule has 0 aliphatic carbocycles. The van der Waals surface area contributed by atoms with E-state index >= 15 is 35.1 Å². The van der Waals surface area contributed by atoms with Crippen molar-refractivity contribution in [3.8, 4) is 0 Å². The van der Waals surface area contributed by atoms with Gasteiger partial charge in [0.1, 0.15) is 52.7 Å². The van der Waals surface area contributed by atoms with Crippen LogP contribution >= 0.6 is 0 Å². The van der Waals surface area contributed by atoms with Crippen molar-refractivity contribution in [1.82, 2.24) is 0 Å². The maximum atomic E-state index is 15.4. The van der Waals surface area contributed by atoms with Gasteiger partial charge in [0.25, 0.3) is 0 Å². The smallest absolute Gasteiger partial charge is 0.249 e. The number of nitrogens with two attached hydrogens (primary N) is 1. The maximum absolute atomic E-state index is 15.4. The monoisotopic (exact) mass is 942 g/mol. The Morgan fingerprint density at radius 1 is 0.400 bits per heavy atom. The van der Waals surface area contributed by atoms with E-state index in [4.69, 9.17) is 5.73 Å². The number of hydrogen-bond donors (Lipinski definition) is 1. The van der Waals surface area contributed by atoms with Crippen molar-refractivity contribution >= 4 is 44.7 Å². The number of aromatic nitrogens is 1. The third kappa shape index (κ3) is 7.42. The van der Waals surface area contributed by atoms with Gasteiger partial charge in [0.2, 0.25) is 5.91 Å². The molecule has 1 amide bonds. The van der Waals surface area contributed by atoms with Crippen molar-refractivity contribution < 1.29 is 97.2 Å². The molecule has 2 N–H and O–H groups in total. The van der Waals surface area contributed by atoms with Crippen LogP contribution in [-0.4, -0.2) is 12.1 Å². The average molecular weight is 942 g/mol. The van der Waals surface area contributed by atoms with E-state index in [9.17, 15) is 57.5 Å². The van der Waals surface area contributed by atoms with E-state index in [2.05, 4.69) is 16.7 Å². The van der Waals surface area contributed by atoms with Gasteiger partial charge in [0, 0.05) is 11.6 Å². The normalized spacial score (nSPS) is 11.6. The Morgan fingerprint density at radius 2 is 0.708 bits per heavy atom. The summed E-state index contributed by atoms with van der Waals surface area (Å²) in [6.45, 7) is 0.768. The molecule has 65 heavy (non-hydrogen) atoms. The number of halogens is 20. The van der Waals surface area contributed by atoms with Crippen molar-refractivity contribution in [2.24, 2.45) is 5.73 Å². The zero-order chi connectivity index (χ0) is 48.3. The summed E-state index contributed by atoms with van der Waals surface area (Å²) in [7, 11) is 0. The average Bonchev–Trinajstić information content (AvgIpc) is 3.29. The lowest BCUT2D eigenvalue weighted by molar-refractivity contribution is -0.687. The molecule has 0 radical (unpaired) electrons. The highest BCUT2D eigenvalue weighted by molar-refractivity contribution is 7.20. The van der Waals surface area contributed by atoms with Gasteiger partial charge < -0.3 is 5.73 Å². The molecule has 0 aliphatic rings. The van der Waals surface area contributed by atoms with Crippen LogP contribution < -0.4 is 32.2 Å². The van der Waals surface area contributed by atoms with Gasteiger partial charge in [-0.05, 0) is 11.5 Å². The first-order valence-electron chi connectivity index (χ1n) is 17.4. The van der Waals surface area contributed by atoms with Gasteiger partial charge in [0.15, 0.2) is 88.7 Å². The first-order valence-corrected chi connectivity index (χ1v) is 17.4. The molecule has 0 saturated heterocycles. The standard InChI is InChI=1S/C24BF20.C17H14N2O/c26-5-1(6(27)14(35)21(42)13(5)34)25(2-7(28)15(36)22(43)16(37)8(2)29,3-9(30)17(38)23(44)18(39)10(3)31)4-11(32)19(40)24(45)20(41)12(4)33;18-17(20)15-8-4-7-14-9-10-19(12-16(14)15)11-13-5-2-1-3-6-13/h;1-10,12H,11H2,(H-,18,20)/q-1;/p+1. The third-order valence-electron chi connectivity index (χ3n) is 10.1. The van der Waals surface area contributed by atoms with Crippen LogP contribution in [0.1, 0.15) is 15.9 Å². The Labute approximate surface area is 348 Å². The molecular weight excluding hydrogens is 927 g/mol. The zero-order valence-electron chi connectivity index (χ0n) is 31.1. The van der Waals surface area contributed by atoms with Gasteiger partial charge in [-0.1, -0.05) is 42.5 Å². The van der Waals surface area contributed by atoms with E-state index in [-0.39, 0.29) is 0 Å². The Bertz CT molecular complexity index is 2730. The fourth-order valence-electron chi connectivity index (χ4n) is 7.24. The van der Waals surface area contributed by atoms with Gasteiger partial charge >= 0.3 is 0 Å². The van der Waals surface area contributed by atoms with Gasteiger partial charge in [0.05, 0.1) is 10.9 Å². The molecule has 3 nitrogen and oxygen atoms in total. The summed E-state index contributed by atoms with van der Waals surface area (Å²) in [5, 5.41) is 1.91. The molecule has 1 aromatic heterocycles. The summed E-state index contributed by atoms with van der Waals surface area (Å²) in [5.41, 5.74) is -7.12. The highest BCUT2D eigenvalue weighted by atomic mass is 19.2. The van der Waals surface area contributed by atoms with E-state index in [1.807, 2.05) is 48.8 Å². The fraction of sp³-hybridized carbons (Fsp3) is 0.0244. The van der Waals surface area contributed by atoms with Gasteiger partial charge in [-0.2, -0.15) is 0 Å². The SMILES string of the molecule is Fc1c(F)c(F)c([B-](c2c(F)c(F)c(F)c(F)c2F)(c2c(F)c(F)c(F)c(F)c2F)c2c(F)c(F)c(F)c(F)c2F)c(F)c1F.NC(=O)c1cccc2cc[n+](Cc3ccccc3)cc12. The summed E-state index contributed by atoms with van der Waals surface area (Å²) in [6.07, 6.45) is -3.23. The summed E-state index contributed by atoms with van der Waals surface area (Å²) in [6, 6.07) is 17.8. The first kappa shape index (κ1) is 47.3. The van der Waals surface area contributed by atoms with E-state index in [1.54, 1.807) is 6.07 Å². The summed E-state index contributed by atoms with van der Waals surface area (Å²) in [5.74, 6) is -71.8. The Balaban J connectivity index is 0.000000289. The molecule has 6 aromatic carbocycles. The number of pyridine rings is 1. The summed E-state index contributed by atoms with van der Waals surface area (Å²) in [4.78, 5) is 11.5. The number of primary amides is 1. The Hall–Kier alpha value is -7.14. The minimum Gasteiger partial charge on any atom is -0.366 e. The molecular formula is C41H15BF20N2O. The highest BCUT2D eigenvalue weighted by Crippen LogP contribution is 2.31. The van der Waals surface area contributed by atoms with E-state index < -0.39 is 150 Å². The molecule has 7 aromatic rings. The number of amides is 1. The predicted octanol–water partition coefficient (Wildman–Crippen LogP) is 8.12. The second-order valence-corrected chi connectivity index (χ2v) is 13.6. The number of nitrogens with zero attached hydrogens (tertiary/aromatic N) is 1. The molecule has 0 aliphatic heterocycles. The first-order chi connectivity index (χ1) is 30.4. The fourth-order valence-corrected chi connectivity index (χ4v) is 7.24. The van der Waals surface area contributed by atoms with E-state index in [0.29, 0.717) is 5.56 Å². The van der Waals surface area contributed by atoms with Crippen LogP contribution in [0.5, 0.6) is 0 Å². The van der Waals surface area contributed by atoms with Crippen molar-refractivity contribution in [2.45, 2.75) is 6.54 Å². The second kappa shape index (κ2) is 17.4. The topological polar surface area (TPSA) is 47.0 Å². The van der Waals surface area contributed by atoms with Gasteiger partial charge in [-0.25, -0.2) is 92.4 Å². The molecule has 0 bridgehead atoms. The molecule has 0 fully saturated rings. The lowest BCUT2D eigenvalue weighted by Gasteiger charge is -2.44. The van der Waals surface area contributed by atoms with Crippen LogP contribution in [-0.2, 0) is 6.54 Å². The Morgan fingerprint density at radius 3 is 1.02 bits per heavy atom. The Kier molecular flexibility index (Phi) is 12.7. The molecule has 0 atom stereocenters. The van der Waals surface area contributed by atoms with Gasteiger partial charge in [-0.15, -0.1) is 21.9 Å². The predicted molar refractivity (Wildman–Crippen MR) is 187 cm³/mol. The van der Waals surface area contributed by atoms with Crippen LogP contribution in [0.15, 0.2) is 67.0 Å². The van der Waals surface area contributed by atoms with Crippen molar-refractivity contribution in [1.29, 1.82) is 0 Å². The number of hydrogen-bond acceptors (Lipinski definition) is 1. The van der Waals surface area contributed by atoms with Crippen molar-refractivity contribution in [2.75, 3.05) is 0 Å². The second-order valence-electron chi connectivity index (χ2n) is 13.6. The number of carbonyl (C=O) groups is 1. The quantitative estimate of drug-likeness (QED) is 0.0568. The molecule has 24 heteroatoms. The lowest BCUT2D eigenvalue weighted by atomic mass is 9.12. The van der Waals surface area contributed by atoms with E-state index in [0.717, 1.165) is 17.3 Å². The minimum atomic E-state index is -7.22. The number of benzene rings is 6. The molecule has 7 rings (SSSR count). The minimum absolute atomic E-state index is 0.395. The van der Waals surface area contributed by atoms with Crippen LogP contribution in [0.3, 0.4) is 0 Å². The van der Waals surface area contributed by atoms with Crippen LogP contribution in [0, 0.1) is 116 Å². The number of rotatable bonds is 7. The largest absolute Gasteiger partial charge is 0.366 e. The molecule has 338 valence electrons. The van der Waals surface area contributed by atoms with Crippen molar-refractivity contribution in [3.05, 3.63) is 194 Å². The maximum Gasteiger partial charge on any atom is 0.249 e. The summed E-state index contributed by atoms with van der Waals surface area (Å²) < 4.78 is 296.